The van der Waals surface area contributed by atoms with Crippen LogP contribution < -0.4 is 0 Å². The highest BCUT2D eigenvalue weighted by Gasteiger charge is 2.15. The largest absolute Gasteiger partial charge is 0.392 e. The molecule has 0 fully saturated rings. The molecule has 0 atom stereocenters. The summed E-state index contributed by atoms with van der Waals surface area (Å²) in [6, 6.07) is 13.0. The maximum absolute atomic E-state index is 11.6. The number of unbranched alkanes of at least 4 members (excludes halogenated alkanes) is 1. The predicted octanol–water partition coefficient (Wildman–Crippen LogP) is 3.66. The third-order valence-corrected chi connectivity index (χ3v) is 3.94. The van der Waals surface area contributed by atoms with Crippen molar-refractivity contribution in [2.75, 3.05) is 0 Å². The first-order valence-corrected chi connectivity index (χ1v) is 7.96. The fourth-order valence-electron chi connectivity index (χ4n) is 2.77. The normalized spacial score (nSPS) is 10.7. The van der Waals surface area contributed by atoms with Gasteiger partial charge in [-0.1, -0.05) is 31.5 Å². The number of fused-ring (bicyclic) bond motifs is 1. The first-order chi connectivity index (χ1) is 11.7. The van der Waals surface area contributed by atoms with E-state index in [0.29, 0.717) is 5.56 Å². The molecule has 0 radical (unpaired) electrons. The summed E-state index contributed by atoms with van der Waals surface area (Å²) in [4.78, 5) is 21.9. The molecule has 3 aromatic rings. The molecule has 5 heteroatoms. The summed E-state index contributed by atoms with van der Waals surface area (Å²) < 4.78 is 6.25. The van der Waals surface area contributed by atoms with Crippen LogP contribution in [-0.4, -0.2) is 22.1 Å². The fraction of sp³-hybridized carbons (Fsp3) is 0.211. The van der Waals surface area contributed by atoms with E-state index in [-0.39, 0.29) is 6.47 Å². The van der Waals surface area contributed by atoms with Gasteiger partial charge in [0.2, 0.25) is 0 Å². The molecule has 0 saturated heterocycles. The van der Waals surface area contributed by atoms with Crippen LogP contribution in [0.1, 0.15) is 35.8 Å². The Morgan fingerprint density at radius 1 is 1.21 bits per heavy atom. The van der Waals surface area contributed by atoms with Crippen molar-refractivity contribution < 1.29 is 14.3 Å². The first-order valence-electron chi connectivity index (χ1n) is 7.96. The van der Waals surface area contributed by atoms with Gasteiger partial charge in [0.15, 0.2) is 0 Å². The number of rotatable bonds is 6. The Morgan fingerprint density at radius 2 is 2.00 bits per heavy atom. The van der Waals surface area contributed by atoms with Gasteiger partial charge in [-0.25, -0.2) is 9.31 Å². The molecule has 122 valence electrons. The van der Waals surface area contributed by atoms with Crippen LogP contribution in [0.3, 0.4) is 0 Å². The average molecular weight is 322 g/mol. The summed E-state index contributed by atoms with van der Waals surface area (Å²) in [5.41, 5.74) is 4.50. The summed E-state index contributed by atoms with van der Waals surface area (Å²) >= 11 is 0. The molecule has 5 nitrogen and oxygen atoms in total. The van der Waals surface area contributed by atoms with Crippen molar-refractivity contribution in [1.82, 2.24) is 9.61 Å². The number of aryl methyl sites for hydroxylation is 1. The minimum absolute atomic E-state index is 0.143. The van der Waals surface area contributed by atoms with Crippen LogP contribution in [0.25, 0.3) is 16.6 Å². The van der Waals surface area contributed by atoms with E-state index in [9.17, 15) is 9.59 Å². The minimum Gasteiger partial charge on any atom is -0.392 e. The van der Waals surface area contributed by atoms with Gasteiger partial charge in [0.05, 0.1) is 16.8 Å². The monoisotopic (exact) mass is 322 g/mol. The lowest BCUT2D eigenvalue weighted by Gasteiger charge is -2.05. The number of esters is 1. The van der Waals surface area contributed by atoms with Crippen LogP contribution in [0, 0.1) is 0 Å². The summed E-state index contributed by atoms with van der Waals surface area (Å²) in [6.45, 7) is 2.30. The van der Waals surface area contributed by atoms with Crippen molar-refractivity contribution in [1.29, 1.82) is 0 Å². The second kappa shape index (κ2) is 7.08. The molecule has 0 aliphatic heterocycles. The summed E-state index contributed by atoms with van der Waals surface area (Å²) in [5, 5.41) is 4.69. The molecule has 0 spiro atoms. The number of aromatic nitrogens is 2. The predicted molar refractivity (Wildman–Crippen MR) is 90.7 cm³/mol. The van der Waals surface area contributed by atoms with E-state index in [1.165, 1.54) is 0 Å². The summed E-state index contributed by atoms with van der Waals surface area (Å²) in [7, 11) is 0. The number of carbonyl (C=O) groups excluding carboxylic acids is 2. The second-order valence-electron chi connectivity index (χ2n) is 5.53. The van der Waals surface area contributed by atoms with Crippen LogP contribution in [0.15, 0.2) is 48.7 Å². The van der Waals surface area contributed by atoms with Crippen molar-refractivity contribution in [3.8, 4) is 11.1 Å². The zero-order valence-corrected chi connectivity index (χ0v) is 13.4. The quantitative estimate of drug-likeness (QED) is 0.395. The van der Waals surface area contributed by atoms with E-state index in [4.69, 9.17) is 5.10 Å². The molecule has 0 unspecified atom stereocenters. The molecule has 24 heavy (non-hydrogen) atoms. The van der Waals surface area contributed by atoms with Crippen LogP contribution in [-0.2, 0) is 16.0 Å². The number of hydrogen-bond donors (Lipinski definition) is 0. The molecule has 0 aliphatic carbocycles. The Balaban J connectivity index is 2.04. The highest BCUT2D eigenvalue weighted by atomic mass is 16.6. The lowest BCUT2D eigenvalue weighted by Crippen LogP contribution is -2.02. The first kappa shape index (κ1) is 15.9. The Morgan fingerprint density at radius 3 is 2.71 bits per heavy atom. The third kappa shape index (κ3) is 3.06. The highest BCUT2D eigenvalue weighted by Crippen LogP contribution is 2.29. The van der Waals surface area contributed by atoms with E-state index >= 15 is 0 Å². The van der Waals surface area contributed by atoms with Crippen LogP contribution >= 0.6 is 0 Å². The zero-order valence-electron chi connectivity index (χ0n) is 13.4. The van der Waals surface area contributed by atoms with E-state index in [1.54, 1.807) is 12.1 Å². The minimum atomic E-state index is -0.650. The van der Waals surface area contributed by atoms with Gasteiger partial charge < -0.3 is 4.74 Å². The second-order valence-corrected chi connectivity index (χ2v) is 5.53. The lowest BCUT2D eigenvalue weighted by atomic mass is 10.00. The van der Waals surface area contributed by atoms with Gasteiger partial charge in [-0.05, 0) is 42.7 Å². The van der Waals surface area contributed by atoms with E-state index in [1.807, 2.05) is 41.0 Å². The summed E-state index contributed by atoms with van der Waals surface area (Å²) in [5.74, 6) is -0.650. The number of hydrogen-bond acceptors (Lipinski definition) is 4. The number of nitrogens with zero attached hydrogens (tertiary/aromatic N) is 2. The van der Waals surface area contributed by atoms with Crippen molar-refractivity contribution >= 4 is 18.0 Å². The summed E-state index contributed by atoms with van der Waals surface area (Å²) in [6.07, 6.45) is 5.01. The lowest BCUT2D eigenvalue weighted by molar-refractivity contribution is -0.123. The third-order valence-electron chi connectivity index (χ3n) is 3.94. The molecule has 0 saturated carbocycles. The Kier molecular flexibility index (Phi) is 4.70. The SMILES string of the molecule is CCCCc1nn2ccccc2c1-c1ccc(C(=O)OC=O)cc1. The van der Waals surface area contributed by atoms with Gasteiger partial charge >= 0.3 is 12.4 Å². The smallest absolute Gasteiger partial charge is 0.345 e. The maximum atomic E-state index is 11.6. The molecule has 1 aromatic carbocycles. The standard InChI is InChI=1S/C19H18N2O3/c1-2-3-6-16-18(17-7-4-5-12-21(17)20-16)14-8-10-15(11-9-14)19(23)24-13-22/h4-5,7-13H,2-3,6H2,1H3. The van der Waals surface area contributed by atoms with Crippen molar-refractivity contribution in [2.45, 2.75) is 26.2 Å². The van der Waals surface area contributed by atoms with Gasteiger partial charge in [0.25, 0.3) is 0 Å². The Bertz CT molecular complexity index is 866. The van der Waals surface area contributed by atoms with Gasteiger partial charge in [-0.3, -0.25) is 4.79 Å². The van der Waals surface area contributed by atoms with Crippen LogP contribution in [0.2, 0.25) is 0 Å². The molecule has 0 bridgehead atoms. The van der Waals surface area contributed by atoms with E-state index in [2.05, 4.69) is 11.7 Å². The van der Waals surface area contributed by atoms with Crippen LogP contribution in [0.4, 0.5) is 0 Å². The molecule has 2 heterocycles. The van der Waals surface area contributed by atoms with Gasteiger partial charge in [-0.2, -0.15) is 5.10 Å². The number of carbonyl (C=O) groups is 2. The van der Waals surface area contributed by atoms with Gasteiger partial charge in [-0.15, -0.1) is 0 Å². The molecule has 0 N–H and O–H groups in total. The molecular formula is C19H18N2O3. The number of pyridine rings is 1. The molecule has 2 aromatic heterocycles. The van der Waals surface area contributed by atoms with Crippen LogP contribution in [0.5, 0.6) is 0 Å². The fourth-order valence-corrected chi connectivity index (χ4v) is 2.77. The molecule has 3 rings (SSSR count). The van der Waals surface area contributed by atoms with E-state index < -0.39 is 5.97 Å². The number of benzene rings is 1. The number of ether oxygens (including phenoxy) is 1. The Labute approximate surface area is 139 Å². The maximum Gasteiger partial charge on any atom is 0.345 e. The zero-order chi connectivity index (χ0) is 16.9. The van der Waals surface area contributed by atoms with Crippen molar-refractivity contribution in [3.63, 3.8) is 0 Å². The van der Waals surface area contributed by atoms with Crippen molar-refractivity contribution in [2.24, 2.45) is 0 Å². The molecule has 0 aliphatic rings. The van der Waals surface area contributed by atoms with Gasteiger partial charge in [0, 0.05) is 11.8 Å². The van der Waals surface area contributed by atoms with Gasteiger partial charge in [0.1, 0.15) is 0 Å². The topological polar surface area (TPSA) is 60.7 Å². The average Bonchev–Trinajstić information content (AvgIpc) is 2.98. The molecular weight excluding hydrogens is 304 g/mol. The Hall–Kier alpha value is -2.95. The highest BCUT2D eigenvalue weighted by molar-refractivity contribution is 5.94. The van der Waals surface area contributed by atoms with Crippen molar-refractivity contribution in [3.05, 3.63) is 59.9 Å². The van der Waals surface area contributed by atoms with E-state index in [0.717, 1.165) is 41.6 Å². The molecule has 0 amide bonds.